The number of hydrogen-bond acceptors (Lipinski definition) is 9. The summed E-state index contributed by atoms with van der Waals surface area (Å²) in [5, 5.41) is 8.93. The lowest BCUT2D eigenvalue weighted by atomic mass is 9.66. The third-order valence-corrected chi connectivity index (χ3v) is 7.41. The molecule has 2 aromatic heterocycles. The molecule has 6 rings (SSSR count). The second-order valence-electron chi connectivity index (χ2n) is 8.61. The largest absolute Gasteiger partial charge is 0.372 e. The first kappa shape index (κ1) is 20.2. The van der Waals surface area contributed by atoms with Gasteiger partial charge in [0.2, 0.25) is 17.4 Å². The summed E-state index contributed by atoms with van der Waals surface area (Å²) in [5.41, 5.74) is 1.08. The minimum absolute atomic E-state index is 0.00799. The highest BCUT2D eigenvalue weighted by molar-refractivity contribution is 7.13. The van der Waals surface area contributed by atoms with Crippen molar-refractivity contribution in [1.29, 1.82) is 0 Å². The Morgan fingerprint density at radius 1 is 1.24 bits per heavy atom. The normalized spacial score (nSPS) is 26.2. The number of benzene rings is 1. The molecule has 3 aliphatic heterocycles. The van der Waals surface area contributed by atoms with E-state index < -0.39 is 41.2 Å². The summed E-state index contributed by atoms with van der Waals surface area (Å²) in [5.74, 6) is -2.06. The zero-order valence-electron chi connectivity index (χ0n) is 17.5. The molecule has 33 heavy (non-hydrogen) atoms. The lowest BCUT2D eigenvalue weighted by molar-refractivity contribution is -0.153. The van der Waals surface area contributed by atoms with Gasteiger partial charge < -0.3 is 14.2 Å². The Labute approximate surface area is 190 Å². The fourth-order valence-electron chi connectivity index (χ4n) is 5.46. The first-order chi connectivity index (χ1) is 15.8. The van der Waals surface area contributed by atoms with Crippen LogP contribution >= 0.6 is 11.3 Å². The summed E-state index contributed by atoms with van der Waals surface area (Å²) in [7, 11) is 0. The molecule has 0 radical (unpaired) electrons. The highest BCUT2D eigenvalue weighted by Gasteiger charge is 2.63. The van der Waals surface area contributed by atoms with Crippen LogP contribution in [-0.2, 0) is 20.7 Å². The van der Waals surface area contributed by atoms with E-state index in [-0.39, 0.29) is 30.3 Å². The van der Waals surface area contributed by atoms with Crippen LogP contribution in [0.25, 0.3) is 21.5 Å². The minimum atomic E-state index is -1.68. The van der Waals surface area contributed by atoms with Gasteiger partial charge in [-0.1, -0.05) is 5.16 Å². The quantitative estimate of drug-likeness (QED) is 0.516. The van der Waals surface area contributed by atoms with E-state index in [0.717, 1.165) is 0 Å². The maximum Gasteiger partial charge on any atom is 0.328 e. The van der Waals surface area contributed by atoms with Gasteiger partial charge in [0.15, 0.2) is 11.2 Å². The van der Waals surface area contributed by atoms with Crippen LogP contribution in [0.3, 0.4) is 0 Å². The van der Waals surface area contributed by atoms with Crippen molar-refractivity contribution in [3.05, 3.63) is 29.2 Å². The lowest BCUT2D eigenvalue weighted by Gasteiger charge is -2.55. The summed E-state index contributed by atoms with van der Waals surface area (Å²) < 4.78 is 27.3. The molecule has 5 heterocycles. The molecule has 2 N–H and O–H groups in total. The number of carbonyl (C=O) groups excluding carboxylic acids is 3. The molecule has 0 unspecified atom stereocenters. The topological polar surface area (TPSA) is 127 Å². The smallest absolute Gasteiger partial charge is 0.328 e. The number of imide groups is 2. The summed E-state index contributed by atoms with van der Waals surface area (Å²) in [6.07, 6.45) is 0.615. The van der Waals surface area contributed by atoms with Gasteiger partial charge in [-0.3, -0.25) is 25.2 Å². The number of morpholine rings is 1. The number of hydrogen-bond donors (Lipinski definition) is 2. The first-order valence-electron chi connectivity index (χ1n) is 10.4. The molecule has 1 aromatic carbocycles. The Bertz CT molecular complexity index is 1320. The van der Waals surface area contributed by atoms with Crippen LogP contribution in [0, 0.1) is 11.2 Å². The molecular formula is C21H18FN5O5S. The Morgan fingerprint density at radius 3 is 2.70 bits per heavy atom. The second-order valence-corrected chi connectivity index (χ2v) is 9.49. The van der Waals surface area contributed by atoms with Crippen molar-refractivity contribution in [3.8, 4) is 10.6 Å². The van der Waals surface area contributed by atoms with Crippen molar-refractivity contribution >= 4 is 45.8 Å². The zero-order valence-corrected chi connectivity index (χ0v) is 18.4. The maximum atomic E-state index is 16.0. The van der Waals surface area contributed by atoms with Gasteiger partial charge in [0.1, 0.15) is 5.69 Å². The number of nitrogens with zero attached hydrogens (tertiary/aromatic N) is 3. The monoisotopic (exact) mass is 471 g/mol. The van der Waals surface area contributed by atoms with Crippen LogP contribution in [0.15, 0.2) is 22.3 Å². The molecule has 1 spiro atoms. The molecular weight excluding hydrogens is 453 g/mol. The van der Waals surface area contributed by atoms with Crippen LogP contribution in [0.1, 0.15) is 19.4 Å². The molecule has 12 heteroatoms. The number of urea groups is 1. The number of anilines is 1. The van der Waals surface area contributed by atoms with Crippen molar-refractivity contribution < 1.29 is 28.0 Å². The van der Waals surface area contributed by atoms with Crippen LogP contribution in [0.4, 0.5) is 14.9 Å². The first-order valence-corrected chi connectivity index (χ1v) is 11.3. The molecule has 2 saturated heterocycles. The fraction of sp³-hybridized carbons (Fsp3) is 0.381. The molecule has 3 atom stereocenters. The summed E-state index contributed by atoms with van der Waals surface area (Å²) >= 11 is 1.33. The number of amides is 4. The third-order valence-electron chi connectivity index (χ3n) is 6.63. The highest BCUT2D eigenvalue weighted by Crippen LogP contribution is 2.49. The van der Waals surface area contributed by atoms with Gasteiger partial charge in [0.25, 0.3) is 0 Å². The van der Waals surface area contributed by atoms with Gasteiger partial charge in [-0.15, -0.1) is 11.3 Å². The number of nitrogens with one attached hydrogen (secondary N) is 2. The van der Waals surface area contributed by atoms with Crippen molar-refractivity contribution in [2.75, 3.05) is 11.4 Å². The van der Waals surface area contributed by atoms with E-state index in [1.165, 1.54) is 11.3 Å². The molecule has 0 aliphatic carbocycles. The number of carbonyl (C=O) groups is 3. The van der Waals surface area contributed by atoms with E-state index in [0.29, 0.717) is 21.5 Å². The molecule has 2 fully saturated rings. The molecule has 4 amide bonds. The van der Waals surface area contributed by atoms with E-state index in [4.69, 9.17) is 9.26 Å². The van der Waals surface area contributed by atoms with Crippen molar-refractivity contribution in [2.24, 2.45) is 5.41 Å². The van der Waals surface area contributed by atoms with Crippen LogP contribution in [0.2, 0.25) is 0 Å². The molecule has 170 valence electrons. The summed E-state index contributed by atoms with van der Waals surface area (Å²) in [6, 6.07) is 0.00277. The van der Waals surface area contributed by atoms with E-state index in [1.54, 1.807) is 29.6 Å². The van der Waals surface area contributed by atoms with E-state index in [1.807, 2.05) is 6.92 Å². The van der Waals surface area contributed by atoms with E-state index in [9.17, 15) is 14.4 Å². The number of halogens is 1. The van der Waals surface area contributed by atoms with Crippen molar-refractivity contribution in [1.82, 2.24) is 20.8 Å². The lowest BCUT2D eigenvalue weighted by Crippen LogP contribution is -2.75. The van der Waals surface area contributed by atoms with Crippen LogP contribution in [-0.4, -0.2) is 52.8 Å². The fourth-order valence-corrected chi connectivity index (χ4v) is 6.07. The second kappa shape index (κ2) is 6.81. The molecule has 0 bridgehead atoms. The number of barbiturate groups is 1. The van der Waals surface area contributed by atoms with Crippen molar-refractivity contribution in [2.45, 2.75) is 38.5 Å². The number of aromatic nitrogens is 2. The molecule has 10 nitrogen and oxygen atoms in total. The van der Waals surface area contributed by atoms with Gasteiger partial charge in [-0.2, -0.15) is 0 Å². The molecule has 0 saturated carbocycles. The van der Waals surface area contributed by atoms with Crippen LogP contribution < -0.4 is 15.5 Å². The highest BCUT2D eigenvalue weighted by atomic mass is 32.1. The predicted octanol–water partition coefficient (Wildman–Crippen LogP) is 1.98. The molecule has 3 aliphatic rings. The number of rotatable bonds is 1. The van der Waals surface area contributed by atoms with Gasteiger partial charge in [-0.05, 0) is 25.5 Å². The Hall–Kier alpha value is -3.38. The molecule has 3 aromatic rings. The Morgan fingerprint density at radius 2 is 2.00 bits per heavy atom. The van der Waals surface area contributed by atoms with Gasteiger partial charge in [0, 0.05) is 19.2 Å². The average molecular weight is 471 g/mol. The number of fused-ring (bicyclic) bond motifs is 5. The number of thiazole rings is 1. The minimum Gasteiger partial charge on any atom is -0.372 e. The van der Waals surface area contributed by atoms with Gasteiger partial charge in [-0.25, -0.2) is 9.18 Å². The van der Waals surface area contributed by atoms with Gasteiger partial charge >= 0.3 is 6.03 Å². The third kappa shape index (κ3) is 2.64. The Kier molecular flexibility index (Phi) is 4.18. The van der Waals surface area contributed by atoms with Crippen LogP contribution in [0.5, 0.6) is 0 Å². The number of ether oxygens (including phenoxy) is 1. The van der Waals surface area contributed by atoms with Crippen molar-refractivity contribution in [3.63, 3.8) is 0 Å². The predicted molar refractivity (Wildman–Crippen MR) is 114 cm³/mol. The average Bonchev–Trinajstić information content (AvgIpc) is 3.41. The summed E-state index contributed by atoms with van der Waals surface area (Å²) in [4.78, 5) is 44.7. The standard InChI is InChI=1S/C21H18FN5O5S/c1-8-6-27-15-10(3-11-14(12-5-23-7-33-12)26-32-16(11)13(15)22)4-21(17(27)9(2)31-8)18(28)24-20(30)25-19(21)29/h3,5,7-9,17H,4,6H2,1-2H3,(H2,24,25,28,29,30)/t8-,9+,17-/m0/s1. The zero-order chi connectivity index (χ0) is 23.1. The Balaban J connectivity index is 1.61. The van der Waals surface area contributed by atoms with E-state index in [2.05, 4.69) is 20.8 Å². The van der Waals surface area contributed by atoms with E-state index >= 15 is 4.39 Å². The SMILES string of the molecule is C[C@H]1CN2c3c(cc4c(-c5cncs5)noc4c3F)CC3(C(=O)NC(=O)NC3=O)[C@@H]2[C@@H](C)O1. The van der Waals surface area contributed by atoms with Gasteiger partial charge in [0.05, 0.1) is 39.7 Å². The summed E-state index contributed by atoms with van der Waals surface area (Å²) in [6.45, 7) is 3.82. The maximum absolute atomic E-state index is 16.0.